The van der Waals surface area contributed by atoms with Crippen LogP contribution in [-0.2, 0) is 11.3 Å². The van der Waals surface area contributed by atoms with Crippen molar-refractivity contribution in [2.75, 3.05) is 18.2 Å². The van der Waals surface area contributed by atoms with E-state index < -0.39 is 0 Å². The van der Waals surface area contributed by atoms with Crippen molar-refractivity contribution in [1.29, 1.82) is 0 Å². The number of nitrogens with two attached hydrogens (primary N) is 1. The van der Waals surface area contributed by atoms with Gasteiger partial charge in [0.05, 0.1) is 16.8 Å². The van der Waals surface area contributed by atoms with Crippen LogP contribution in [0.4, 0.5) is 5.69 Å². The number of rotatable bonds is 7. The molecule has 7 nitrogen and oxygen atoms in total. The lowest BCUT2D eigenvalue weighted by Gasteiger charge is -2.31. The molecular formula is C19H30Cl2N4O3S. The lowest BCUT2D eigenvalue weighted by Crippen LogP contribution is -2.44. The van der Waals surface area contributed by atoms with Crippen LogP contribution in [0.15, 0.2) is 24.3 Å². The fourth-order valence-corrected chi connectivity index (χ4v) is 4.84. The Bertz CT molecular complexity index is 651. The lowest BCUT2D eigenvalue weighted by atomic mass is 9.82. The Balaban J connectivity index is 0.00000210. The van der Waals surface area contributed by atoms with Gasteiger partial charge in [0.15, 0.2) is 0 Å². The maximum Gasteiger partial charge on any atom is 0.269 e. The van der Waals surface area contributed by atoms with Gasteiger partial charge in [-0.2, -0.15) is 0 Å². The van der Waals surface area contributed by atoms with Gasteiger partial charge in [0.2, 0.25) is 5.91 Å². The largest absolute Gasteiger partial charge is 0.331 e. The number of nitro benzene ring substituents is 1. The van der Waals surface area contributed by atoms with Gasteiger partial charge in [-0.25, -0.2) is 0 Å². The molecule has 10 heteroatoms. The van der Waals surface area contributed by atoms with Crippen LogP contribution in [0.25, 0.3) is 0 Å². The second-order valence-electron chi connectivity index (χ2n) is 7.50. The molecule has 2 aliphatic rings. The number of carbonyl (C=O) groups excluding carboxylic acids is 1. The molecule has 1 heterocycles. The van der Waals surface area contributed by atoms with E-state index in [0.717, 1.165) is 62.4 Å². The molecule has 1 atom stereocenters. The van der Waals surface area contributed by atoms with E-state index in [-0.39, 0.29) is 47.4 Å². The monoisotopic (exact) mass is 464 g/mol. The highest BCUT2D eigenvalue weighted by Crippen LogP contribution is 2.28. The van der Waals surface area contributed by atoms with E-state index in [1.165, 1.54) is 0 Å². The molecule has 1 aliphatic carbocycles. The van der Waals surface area contributed by atoms with Crippen LogP contribution in [0.1, 0.15) is 37.7 Å². The molecule has 164 valence electrons. The zero-order chi connectivity index (χ0) is 19.2. The minimum atomic E-state index is -0.378. The first-order valence-electron chi connectivity index (χ1n) is 9.61. The zero-order valence-corrected chi connectivity index (χ0v) is 18.8. The summed E-state index contributed by atoms with van der Waals surface area (Å²) >= 11 is 1.79. The van der Waals surface area contributed by atoms with Crippen molar-refractivity contribution >= 4 is 48.2 Å². The third-order valence-electron chi connectivity index (χ3n) is 5.56. The SMILES string of the molecule is Cl.Cl.N[C@@H](C[C@H]1CC[C@@H](NCc2ccc([N+](=O)[O-])cc2)CC1)C(=O)N1CCSC1. The van der Waals surface area contributed by atoms with Gasteiger partial charge in [0, 0.05) is 37.0 Å². The van der Waals surface area contributed by atoms with Crippen molar-refractivity contribution in [2.24, 2.45) is 11.7 Å². The van der Waals surface area contributed by atoms with Gasteiger partial charge in [-0.05, 0) is 43.6 Å². The molecule has 0 spiro atoms. The van der Waals surface area contributed by atoms with Gasteiger partial charge in [-0.15, -0.1) is 36.6 Å². The molecule has 0 aromatic heterocycles. The number of carbonyl (C=O) groups is 1. The standard InChI is InChI=1S/C19H28N4O3S.2ClH/c20-18(19(24)22-9-10-27-13-22)11-14-1-5-16(6-2-14)21-12-15-3-7-17(8-4-15)23(25)26;;/h3-4,7-8,14,16,18,21H,1-2,5-6,9-13,20H2;2*1H/t14-,16+,18-;;/m0../s1. The maximum absolute atomic E-state index is 12.3. The van der Waals surface area contributed by atoms with Crippen LogP contribution in [0, 0.1) is 16.0 Å². The number of hydrogen-bond donors (Lipinski definition) is 2. The number of nitrogens with zero attached hydrogens (tertiary/aromatic N) is 2. The smallest absolute Gasteiger partial charge is 0.269 e. The van der Waals surface area contributed by atoms with E-state index in [1.54, 1.807) is 36.0 Å². The van der Waals surface area contributed by atoms with Crippen LogP contribution >= 0.6 is 36.6 Å². The second-order valence-corrected chi connectivity index (χ2v) is 8.58. The molecule has 1 amide bonds. The molecule has 1 saturated carbocycles. The van der Waals surface area contributed by atoms with Crippen LogP contribution < -0.4 is 11.1 Å². The Labute approximate surface area is 188 Å². The van der Waals surface area contributed by atoms with E-state index in [1.807, 2.05) is 4.90 Å². The molecule has 3 N–H and O–H groups in total. The molecule has 1 aromatic carbocycles. The minimum absolute atomic E-state index is 0. The van der Waals surface area contributed by atoms with Crippen molar-refractivity contribution < 1.29 is 9.72 Å². The summed E-state index contributed by atoms with van der Waals surface area (Å²) in [4.78, 5) is 24.5. The Hall–Kier alpha value is -1.06. The molecule has 1 aromatic rings. The number of nitrogens with one attached hydrogen (secondary N) is 1. The Kier molecular flexibility index (Phi) is 11.3. The van der Waals surface area contributed by atoms with Crippen LogP contribution in [0.3, 0.4) is 0 Å². The summed E-state index contributed by atoms with van der Waals surface area (Å²) in [6, 6.07) is 6.79. The van der Waals surface area contributed by atoms with Gasteiger partial charge >= 0.3 is 0 Å². The predicted octanol–water partition coefficient (Wildman–Crippen LogP) is 3.34. The minimum Gasteiger partial charge on any atom is -0.331 e. The number of amides is 1. The average molecular weight is 465 g/mol. The van der Waals surface area contributed by atoms with Gasteiger partial charge in [0.1, 0.15) is 0 Å². The number of thioether (sulfide) groups is 1. The van der Waals surface area contributed by atoms with Gasteiger partial charge in [0.25, 0.3) is 5.69 Å². The summed E-state index contributed by atoms with van der Waals surface area (Å²) in [5, 5.41) is 14.2. The number of hydrogen-bond acceptors (Lipinski definition) is 6. The summed E-state index contributed by atoms with van der Waals surface area (Å²) in [7, 11) is 0. The molecule has 2 fully saturated rings. The zero-order valence-electron chi connectivity index (χ0n) is 16.3. The molecule has 29 heavy (non-hydrogen) atoms. The average Bonchev–Trinajstić information content (AvgIpc) is 3.22. The highest BCUT2D eigenvalue weighted by Gasteiger charge is 2.28. The number of non-ortho nitro benzene ring substituents is 1. The molecule has 1 aliphatic heterocycles. The Morgan fingerprint density at radius 2 is 1.90 bits per heavy atom. The summed E-state index contributed by atoms with van der Waals surface area (Å²) in [6.07, 6.45) is 5.13. The highest BCUT2D eigenvalue weighted by atomic mass is 35.5. The molecule has 3 rings (SSSR count). The first-order valence-corrected chi connectivity index (χ1v) is 10.8. The predicted molar refractivity (Wildman–Crippen MR) is 122 cm³/mol. The molecule has 1 saturated heterocycles. The maximum atomic E-state index is 12.3. The topological polar surface area (TPSA) is 101 Å². The first kappa shape index (κ1) is 26.0. The lowest BCUT2D eigenvalue weighted by molar-refractivity contribution is -0.384. The Morgan fingerprint density at radius 1 is 1.24 bits per heavy atom. The third kappa shape index (κ3) is 7.61. The first-order chi connectivity index (χ1) is 13.0. The third-order valence-corrected chi connectivity index (χ3v) is 6.52. The van der Waals surface area contributed by atoms with Crippen LogP contribution in [0.5, 0.6) is 0 Å². The van der Waals surface area contributed by atoms with E-state index in [9.17, 15) is 14.9 Å². The quantitative estimate of drug-likeness (QED) is 0.473. The van der Waals surface area contributed by atoms with E-state index in [2.05, 4.69) is 5.32 Å². The van der Waals surface area contributed by atoms with Crippen LogP contribution in [0.2, 0.25) is 0 Å². The number of halogens is 2. The van der Waals surface area contributed by atoms with Crippen molar-refractivity contribution in [1.82, 2.24) is 10.2 Å². The van der Waals surface area contributed by atoms with Crippen molar-refractivity contribution in [3.05, 3.63) is 39.9 Å². The molecule has 0 unspecified atom stereocenters. The van der Waals surface area contributed by atoms with E-state index in [4.69, 9.17) is 5.73 Å². The van der Waals surface area contributed by atoms with Crippen molar-refractivity contribution in [3.63, 3.8) is 0 Å². The second kappa shape index (κ2) is 12.6. The molecule has 0 bridgehead atoms. The van der Waals surface area contributed by atoms with Gasteiger partial charge in [-0.1, -0.05) is 12.1 Å². The number of benzene rings is 1. The van der Waals surface area contributed by atoms with E-state index in [0.29, 0.717) is 12.0 Å². The van der Waals surface area contributed by atoms with Crippen LogP contribution in [-0.4, -0.2) is 46.0 Å². The molecule has 0 radical (unpaired) electrons. The fraction of sp³-hybridized carbons (Fsp3) is 0.632. The van der Waals surface area contributed by atoms with Gasteiger partial charge in [-0.3, -0.25) is 14.9 Å². The summed E-state index contributed by atoms with van der Waals surface area (Å²) < 4.78 is 0. The van der Waals surface area contributed by atoms with Crippen molar-refractivity contribution in [3.8, 4) is 0 Å². The van der Waals surface area contributed by atoms with E-state index >= 15 is 0 Å². The van der Waals surface area contributed by atoms with Crippen molar-refractivity contribution in [2.45, 2.75) is 50.7 Å². The number of nitro groups is 1. The van der Waals surface area contributed by atoms with Gasteiger partial charge < -0.3 is 16.0 Å². The Morgan fingerprint density at radius 3 is 2.45 bits per heavy atom. The fourth-order valence-electron chi connectivity index (χ4n) is 3.88. The summed E-state index contributed by atoms with van der Waals surface area (Å²) in [5.41, 5.74) is 7.34. The summed E-state index contributed by atoms with van der Waals surface area (Å²) in [6.45, 7) is 1.55. The highest BCUT2D eigenvalue weighted by molar-refractivity contribution is 7.99. The normalized spacial score (nSPS) is 22.3. The molecular weight excluding hydrogens is 435 g/mol. The summed E-state index contributed by atoms with van der Waals surface area (Å²) in [5.74, 6) is 2.44.